The van der Waals surface area contributed by atoms with Crippen molar-refractivity contribution >= 4 is 15.7 Å². The van der Waals surface area contributed by atoms with Gasteiger partial charge in [0.1, 0.15) is 11.9 Å². The number of rotatable bonds is 3. The Morgan fingerprint density at radius 1 is 1.39 bits per heavy atom. The molecule has 0 aliphatic carbocycles. The number of sulfone groups is 1. The van der Waals surface area contributed by atoms with E-state index in [-0.39, 0.29) is 23.4 Å². The van der Waals surface area contributed by atoms with Crippen LogP contribution in [0, 0.1) is 0 Å². The summed E-state index contributed by atoms with van der Waals surface area (Å²) >= 11 is 0. The molecule has 0 spiro atoms. The Morgan fingerprint density at radius 3 is 2.56 bits per heavy atom. The van der Waals surface area contributed by atoms with Gasteiger partial charge in [0.25, 0.3) is 0 Å². The third-order valence-corrected chi connectivity index (χ3v) is 4.49. The fourth-order valence-corrected chi connectivity index (χ4v) is 3.40. The van der Waals surface area contributed by atoms with Gasteiger partial charge in [0.15, 0.2) is 15.7 Å². The van der Waals surface area contributed by atoms with Crippen LogP contribution in [0.4, 0.5) is 0 Å². The van der Waals surface area contributed by atoms with Gasteiger partial charge in [0.2, 0.25) is 0 Å². The molecule has 1 aliphatic heterocycles. The average Bonchev–Trinajstić information content (AvgIpc) is 2.68. The maximum atomic E-state index is 11.3. The highest BCUT2D eigenvalue weighted by atomic mass is 32.2. The van der Waals surface area contributed by atoms with Gasteiger partial charge in [-0.3, -0.25) is 0 Å². The lowest BCUT2D eigenvalue weighted by Crippen LogP contribution is -2.18. The monoisotopic (exact) mass is 270 g/mol. The molecule has 6 nitrogen and oxygen atoms in total. The Kier molecular flexibility index (Phi) is 3.42. The SMILES string of the molecule is N/C(=N\O)c1ccc(OC2CCS(=O)(=O)C2)cc1. The minimum Gasteiger partial charge on any atom is -0.489 e. The van der Waals surface area contributed by atoms with Crippen LogP contribution in [0.3, 0.4) is 0 Å². The second-order valence-corrected chi connectivity index (χ2v) is 6.38. The van der Waals surface area contributed by atoms with Crippen molar-refractivity contribution in [2.24, 2.45) is 10.9 Å². The van der Waals surface area contributed by atoms with Crippen LogP contribution in [0.15, 0.2) is 29.4 Å². The first kappa shape index (κ1) is 12.7. The number of hydrogen-bond acceptors (Lipinski definition) is 5. The zero-order valence-electron chi connectivity index (χ0n) is 9.61. The number of amidine groups is 1. The molecule has 98 valence electrons. The van der Waals surface area contributed by atoms with Crippen LogP contribution in [-0.2, 0) is 9.84 Å². The molecule has 0 amide bonds. The van der Waals surface area contributed by atoms with Crippen molar-refractivity contribution < 1.29 is 18.4 Å². The summed E-state index contributed by atoms with van der Waals surface area (Å²) in [5.74, 6) is 0.839. The molecule has 0 radical (unpaired) electrons. The molecule has 1 saturated heterocycles. The minimum absolute atomic E-state index is 0.0185. The van der Waals surface area contributed by atoms with E-state index >= 15 is 0 Å². The van der Waals surface area contributed by atoms with Crippen LogP contribution in [0.25, 0.3) is 0 Å². The Labute approximate surface area is 105 Å². The highest BCUT2D eigenvalue weighted by Gasteiger charge is 2.29. The van der Waals surface area contributed by atoms with E-state index in [0.29, 0.717) is 17.7 Å². The number of oxime groups is 1. The molecule has 1 aromatic rings. The van der Waals surface area contributed by atoms with E-state index < -0.39 is 9.84 Å². The summed E-state index contributed by atoms with van der Waals surface area (Å²) in [5.41, 5.74) is 6.00. The molecule has 1 heterocycles. The molecule has 1 atom stereocenters. The van der Waals surface area contributed by atoms with Crippen LogP contribution < -0.4 is 10.5 Å². The summed E-state index contributed by atoms with van der Waals surface area (Å²) in [6, 6.07) is 6.62. The van der Waals surface area contributed by atoms with Gasteiger partial charge in [0, 0.05) is 5.56 Å². The second kappa shape index (κ2) is 4.85. The Morgan fingerprint density at radius 2 is 2.06 bits per heavy atom. The summed E-state index contributed by atoms with van der Waals surface area (Å²) in [6.45, 7) is 0. The van der Waals surface area contributed by atoms with Crippen molar-refractivity contribution in [1.29, 1.82) is 0 Å². The minimum atomic E-state index is -2.94. The number of benzene rings is 1. The molecule has 0 bridgehead atoms. The molecule has 7 heteroatoms. The summed E-state index contributed by atoms with van der Waals surface area (Å²) in [4.78, 5) is 0. The van der Waals surface area contributed by atoms with Crippen LogP contribution in [0.5, 0.6) is 5.75 Å². The van der Waals surface area contributed by atoms with Gasteiger partial charge in [-0.1, -0.05) is 5.16 Å². The van der Waals surface area contributed by atoms with Gasteiger partial charge in [-0.25, -0.2) is 8.42 Å². The van der Waals surface area contributed by atoms with Crippen molar-refractivity contribution in [1.82, 2.24) is 0 Å². The standard InChI is InChI=1S/C11H14N2O4S/c12-11(13-14)8-1-3-9(4-2-8)17-10-5-6-18(15,16)7-10/h1-4,10,14H,5-7H2,(H2,12,13). The molecule has 18 heavy (non-hydrogen) atoms. The maximum absolute atomic E-state index is 11.3. The van der Waals surface area contributed by atoms with Crippen molar-refractivity contribution in [2.45, 2.75) is 12.5 Å². The first-order valence-corrected chi connectivity index (χ1v) is 7.27. The summed E-state index contributed by atoms with van der Waals surface area (Å²) < 4.78 is 28.1. The summed E-state index contributed by atoms with van der Waals surface area (Å²) in [5, 5.41) is 11.4. The lowest BCUT2D eigenvalue weighted by Gasteiger charge is -2.12. The normalized spacial score (nSPS) is 22.9. The fraction of sp³-hybridized carbons (Fsp3) is 0.364. The van der Waals surface area contributed by atoms with Gasteiger partial charge < -0.3 is 15.7 Å². The van der Waals surface area contributed by atoms with Crippen LogP contribution in [0.2, 0.25) is 0 Å². The summed E-state index contributed by atoms with van der Waals surface area (Å²) in [7, 11) is -2.94. The molecule has 1 unspecified atom stereocenters. The molecule has 3 N–H and O–H groups in total. The highest BCUT2D eigenvalue weighted by molar-refractivity contribution is 7.91. The number of hydrogen-bond donors (Lipinski definition) is 2. The van der Waals surface area contributed by atoms with Crippen molar-refractivity contribution in [3.63, 3.8) is 0 Å². The zero-order chi connectivity index (χ0) is 13.2. The van der Waals surface area contributed by atoms with Gasteiger partial charge >= 0.3 is 0 Å². The van der Waals surface area contributed by atoms with Gasteiger partial charge in [-0.2, -0.15) is 0 Å². The van der Waals surface area contributed by atoms with E-state index in [1.54, 1.807) is 24.3 Å². The van der Waals surface area contributed by atoms with Crippen LogP contribution >= 0.6 is 0 Å². The Balaban J connectivity index is 2.03. The summed E-state index contributed by atoms with van der Waals surface area (Å²) in [6.07, 6.45) is 0.231. The third kappa shape index (κ3) is 2.92. The lowest BCUT2D eigenvalue weighted by molar-refractivity contribution is 0.229. The van der Waals surface area contributed by atoms with E-state index in [0.717, 1.165) is 0 Å². The van der Waals surface area contributed by atoms with Crippen LogP contribution in [-0.4, -0.2) is 37.1 Å². The highest BCUT2D eigenvalue weighted by Crippen LogP contribution is 2.20. The zero-order valence-corrected chi connectivity index (χ0v) is 10.4. The van der Waals surface area contributed by atoms with E-state index in [1.165, 1.54) is 0 Å². The smallest absolute Gasteiger partial charge is 0.170 e. The molecule has 1 aliphatic rings. The van der Waals surface area contributed by atoms with Gasteiger partial charge in [0.05, 0.1) is 11.5 Å². The quantitative estimate of drug-likeness (QED) is 0.357. The number of nitrogens with zero attached hydrogens (tertiary/aromatic N) is 1. The molecule has 2 rings (SSSR count). The lowest BCUT2D eigenvalue weighted by atomic mass is 10.2. The molecular weight excluding hydrogens is 256 g/mol. The van der Waals surface area contributed by atoms with Crippen molar-refractivity contribution in [2.75, 3.05) is 11.5 Å². The maximum Gasteiger partial charge on any atom is 0.170 e. The number of nitrogens with two attached hydrogens (primary N) is 1. The molecule has 1 aromatic carbocycles. The molecule has 1 fully saturated rings. The molecule has 0 saturated carbocycles. The number of ether oxygens (including phenoxy) is 1. The Hall–Kier alpha value is -1.76. The van der Waals surface area contributed by atoms with E-state index in [9.17, 15) is 8.42 Å². The van der Waals surface area contributed by atoms with Gasteiger partial charge in [-0.05, 0) is 30.7 Å². The van der Waals surface area contributed by atoms with Crippen molar-refractivity contribution in [3.05, 3.63) is 29.8 Å². The second-order valence-electron chi connectivity index (χ2n) is 4.15. The van der Waals surface area contributed by atoms with E-state index in [2.05, 4.69) is 5.16 Å². The van der Waals surface area contributed by atoms with Gasteiger partial charge in [-0.15, -0.1) is 0 Å². The predicted molar refractivity (Wildman–Crippen MR) is 66.6 cm³/mol. The Bertz CT molecular complexity index is 551. The molecule has 0 aromatic heterocycles. The average molecular weight is 270 g/mol. The predicted octanol–water partition coefficient (Wildman–Crippen LogP) is 0.347. The first-order valence-electron chi connectivity index (χ1n) is 5.45. The largest absolute Gasteiger partial charge is 0.489 e. The van der Waals surface area contributed by atoms with E-state index in [4.69, 9.17) is 15.7 Å². The fourth-order valence-electron chi connectivity index (χ4n) is 1.81. The van der Waals surface area contributed by atoms with E-state index in [1.807, 2.05) is 0 Å². The third-order valence-electron chi connectivity index (χ3n) is 2.75. The topological polar surface area (TPSA) is 102 Å². The van der Waals surface area contributed by atoms with Crippen molar-refractivity contribution in [3.8, 4) is 5.75 Å². The molecular formula is C11H14N2O4S. The van der Waals surface area contributed by atoms with Crippen LogP contribution in [0.1, 0.15) is 12.0 Å². The first-order chi connectivity index (χ1) is 8.50.